The van der Waals surface area contributed by atoms with E-state index in [0.717, 1.165) is 44.7 Å². The second-order valence-electron chi connectivity index (χ2n) is 5.91. The molecule has 2 aromatic rings. The Morgan fingerprint density at radius 3 is 2.50 bits per heavy atom. The van der Waals surface area contributed by atoms with Crippen molar-refractivity contribution in [1.82, 2.24) is 10.2 Å². The second-order valence-corrected chi connectivity index (χ2v) is 5.91. The predicted molar refractivity (Wildman–Crippen MR) is 91.1 cm³/mol. The average Bonchev–Trinajstić information content (AvgIpc) is 2.56. The molecule has 0 radical (unpaired) electrons. The van der Waals surface area contributed by atoms with Gasteiger partial charge in [-0.15, -0.1) is 0 Å². The average molecular weight is 296 g/mol. The largest absolute Gasteiger partial charge is 0.508 e. The van der Waals surface area contributed by atoms with Gasteiger partial charge in [0.2, 0.25) is 0 Å². The Balaban J connectivity index is 1.83. The molecular weight excluding hydrogens is 272 g/mol. The molecule has 0 aliphatic carbocycles. The van der Waals surface area contributed by atoms with Gasteiger partial charge in [-0.3, -0.25) is 4.90 Å². The third-order valence-electron chi connectivity index (χ3n) is 4.37. The van der Waals surface area contributed by atoms with Gasteiger partial charge in [-0.05, 0) is 40.8 Å². The summed E-state index contributed by atoms with van der Waals surface area (Å²) in [5.41, 5.74) is 5.08. The number of nitrogens with one attached hydrogen (secondary N) is 1. The van der Waals surface area contributed by atoms with E-state index in [1.165, 1.54) is 16.7 Å². The molecule has 0 atom stereocenters. The molecule has 22 heavy (non-hydrogen) atoms. The van der Waals surface area contributed by atoms with Crippen molar-refractivity contribution in [1.29, 1.82) is 0 Å². The van der Waals surface area contributed by atoms with Crippen LogP contribution in [0.5, 0.6) is 5.75 Å². The molecule has 1 aliphatic heterocycles. The van der Waals surface area contributed by atoms with Gasteiger partial charge in [0, 0.05) is 32.7 Å². The number of piperazine rings is 1. The van der Waals surface area contributed by atoms with Crippen LogP contribution in [0.15, 0.2) is 42.5 Å². The summed E-state index contributed by atoms with van der Waals surface area (Å²) >= 11 is 0. The van der Waals surface area contributed by atoms with Crippen LogP contribution in [0.1, 0.15) is 18.1 Å². The molecule has 1 fully saturated rings. The Kier molecular flexibility index (Phi) is 4.76. The highest BCUT2D eigenvalue weighted by Gasteiger charge is 2.12. The van der Waals surface area contributed by atoms with Crippen LogP contribution in [0.25, 0.3) is 11.1 Å². The van der Waals surface area contributed by atoms with Crippen molar-refractivity contribution in [2.45, 2.75) is 19.9 Å². The lowest BCUT2D eigenvalue weighted by molar-refractivity contribution is 0.232. The monoisotopic (exact) mass is 296 g/mol. The summed E-state index contributed by atoms with van der Waals surface area (Å²) in [6, 6.07) is 14.2. The van der Waals surface area contributed by atoms with Crippen molar-refractivity contribution in [3.63, 3.8) is 0 Å². The van der Waals surface area contributed by atoms with Crippen molar-refractivity contribution < 1.29 is 5.11 Å². The number of nitrogens with zero attached hydrogens (tertiary/aromatic N) is 1. The fourth-order valence-electron chi connectivity index (χ4n) is 3.08. The lowest BCUT2D eigenvalue weighted by Gasteiger charge is -2.28. The summed E-state index contributed by atoms with van der Waals surface area (Å²) in [4.78, 5) is 2.51. The van der Waals surface area contributed by atoms with Crippen LogP contribution < -0.4 is 5.32 Å². The minimum atomic E-state index is 0.320. The van der Waals surface area contributed by atoms with Crippen LogP contribution in [0, 0.1) is 0 Å². The van der Waals surface area contributed by atoms with E-state index in [1.807, 2.05) is 18.2 Å². The standard InChI is InChI=1S/C19H24N2O/c1-2-15-12-17(16-4-3-5-19(22)13-16)6-7-18(15)14-21-10-8-20-9-11-21/h3-7,12-13,20,22H,2,8-11,14H2,1H3. The molecule has 0 saturated carbocycles. The van der Waals surface area contributed by atoms with E-state index >= 15 is 0 Å². The van der Waals surface area contributed by atoms with E-state index in [2.05, 4.69) is 35.3 Å². The minimum absolute atomic E-state index is 0.320. The van der Waals surface area contributed by atoms with Crippen LogP contribution >= 0.6 is 0 Å². The van der Waals surface area contributed by atoms with Crippen molar-refractivity contribution in [3.05, 3.63) is 53.6 Å². The Hall–Kier alpha value is -1.84. The Morgan fingerprint density at radius 1 is 1.00 bits per heavy atom. The number of benzene rings is 2. The summed E-state index contributed by atoms with van der Waals surface area (Å²) in [7, 11) is 0. The molecular formula is C19H24N2O. The predicted octanol–water partition coefficient (Wildman–Crippen LogP) is 3.03. The van der Waals surface area contributed by atoms with Crippen LogP contribution in [0.4, 0.5) is 0 Å². The maximum atomic E-state index is 9.66. The number of hydrogen-bond donors (Lipinski definition) is 2. The molecule has 2 aromatic carbocycles. The quantitative estimate of drug-likeness (QED) is 0.910. The fraction of sp³-hybridized carbons (Fsp3) is 0.368. The van der Waals surface area contributed by atoms with E-state index in [0.29, 0.717) is 5.75 Å². The fourth-order valence-corrected chi connectivity index (χ4v) is 3.08. The molecule has 1 saturated heterocycles. The smallest absolute Gasteiger partial charge is 0.116 e. The molecule has 116 valence electrons. The Morgan fingerprint density at radius 2 is 1.77 bits per heavy atom. The van der Waals surface area contributed by atoms with Crippen molar-refractivity contribution in [2.24, 2.45) is 0 Å². The van der Waals surface area contributed by atoms with Gasteiger partial charge in [-0.25, -0.2) is 0 Å². The highest BCUT2D eigenvalue weighted by molar-refractivity contribution is 5.66. The molecule has 0 spiro atoms. The van der Waals surface area contributed by atoms with Gasteiger partial charge in [-0.2, -0.15) is 0 Å². The molecule has 3 heteroatoms. The van der Waals surface area contributed by atoms with Gasteiger partial charge in [0.1, 0.15) is 5.75 Å². The second kappa shape index (κ2) is 6.95. The number of rotatable bonds is 4. The third-order valence-corrected chi connectivity index (χ3v) is 4.37. The summed E-state index contributed by atoms with van der Waals surface area (Å²) in [6.07, 6.45) is 1.04. The van der Waals surface area contributed by atoms with E-state index in [9.17, 15) is 5.11 Å². The van der Waals surface area contributed by atoms with Crippen molar-refractivity contribution in [2.75, 3.05) is 26.2 Å². The maximum Gasteiger partial charge on any atom is 0.116 e. The normalized spacial score (nSPS) is 15.9. The van der Waals surface area contributed by atoms with Crippen LogP contribution in [-0.2, 0) is 13.0 Å². The van der Waals surface area contributed by atoms with E-state index in [1.54, 1.807) is 6.07 Å². The zero-order valence-corrected chi connectivity index (χ0v) is 13.2. The number of aromatic hydroxyl groups is 1. The first-order valence-electron chi connectivity index (χ1n) is 8.10. The highest BCUT2D eigenvalue weighted by Crippen LogP contribution is 2.26. The van der Waals surface area contributed by atoms with E-state index < -0.39 is 0 Å². The molecule has 0 amide bonds. The zero-order valence-electron chi connectivity index (χ0n) is 13.2. The lowest BCUT2D eigenvalue weighted by Crippen LogP contribution is -2.43. The van der Waals surface area contributed by atoms with Crippen LogP contribution in [0.3, 0.4) is 0 Å². The number of phenols is 1. The summed E-state index contributed by atoms with van der Waals surface area (Å²) in [6.45, 7) is 7.66. The van der Waals surface area contributed by atoms with Crippen LogP contribution in [-0.4, -0.2) is 36.2 Å². The molecule has 0 bridgehead atoms. The molecule has 3 rings (SSSR count). The molecule has 0 unspecified atom stereocenters. The molecule has 0 aromatic heterocycles. The third kappa shape index (κ3) is 3.49. The topological polar surface area (TPSA) is 35.5 Å². The molecule has 3 nitrogen and oxygen atoms in total. The summed E-state index contributed by atoms with van der Waals surface area (Å²) in [5, 5.41) is 13.1. The van der Waals surface area contributed by atoms with Gasteiger partial charge in [0.05, 0.1) is 0 Å². The Labute approximate surface area is 132 Å². The number of aryl methyl sites for hydroxylation is 1. The SMILES string of the molecule is CCc1cc(-c2cccc(O)c2)ccc1CN1CCNCC1. The number of hydrogen-bond acceptors (Lipinski definition) is 3. The van der Waals surface area contributed by atoms with Gasteiger partial charge >= 0.3 is 0 Å². The van der Waals surface area contributed by atoms with E-state index in [4.69, 9.17) is 0 Å². The minimum Gasteiger partial charge on any atom is -0.508 e. The summed E-state index contributed by atoms with van der Waals surface area (Å²) in [5.74, 6) is 0.320. The number of phenolic OH excluding ortho intramolecular Hbond substituents is 1. The molecule has 1 heterocycles. The van der Waals surface area contributed by atoms with E-state index in [-0.39, 0.29) is 0 Å². The molecule has 2 N–H and O–H groups in total. The highest BCUT2D eigenvalue weighted by atomic mass is 16.3. The first-order valence-corrected chi connectivity index (χ1v) is 8.10. The zero-order chi connectivity index (χ0) is 15.4. The first kappa shape index (κ1) is 15.1. The summed E-state index contributed by atoms with van der Waals surface area (Å²) < 4.78 is 0. The first-order chi connectivity index (χ1) is 10.8. The molecule has 1 aliphatic rings. The van der Waals surface area contributed by atoms with Gasteiger partial charge in [-0.1, -0.05) is 37.3 Å². The van der Waals surface area contributed by atoms with Gasteiger partial charge in [0.15, 0.2) is 0 Å². The van der Waals surface area contributed by atoms with Crippen molar-refractivity contribution >= 4 is 0 Å². The van der Waals surface area contributed by atoms with Gasteiger partial charge < -0.3 is 10.4 Å². The Bertz CT molecular complexity index is 633. The lowest BCUT2D eigenvalue weighted by atomic mass is 9.97. The van der Waals surface area contributed by atoms with Gasteiger partial charge in [0.25, 0.3) is 0 Å². The maximum absolute atomic E-state index is 9.66. The van der Waals surface area contributed by atoms with Crippen molar-refractivity contribution in [3.8, 4) is 16.9 Å². The van der Waals surface area contributed by atoms with Crippen LogP contribution in [0.2, 0.25) is 0 Å².